The summed E-state index contributed by atoms with van der Waals surface area (Å²) in [4.78, 5) is 14.6. The van der Waals surface area contributed by atoms with Crippen LogP contribution in [0, 0.1) is 6.92 Å². The van der Waals surface area contributed by atoms with Crippen molar-refractivity contribution in [3.8, 4) is 0 Å². The molecule has 1 aliphatic rings. The zero-order valence-corrected chi connectivity index (χ0v) is 17.9. The number of carbonyl (C=O) groups is 1. The highest BCUT2D eigenvalue weighted by molar-refractivity contribution is 7.89. The third-order valence-corrected chi connectivity index (χ3v) is 7.73. The lowest BCUT2D eigenvalue weighted by atomic mass is 10.1. The van der Waals surface area contributed by atoms with Crippen molar-refractivity contribution >= 4 is 50.1 Å². The molecule has 6 nitrogen and oxygen atoms in total. The molecule has 3 aromatic rings. The number of aryl methyl sites for hydroxylation is 1. The van der Waals surface area contributed by atoms with Crippen molar-refractivity contribution in [1.29, 1.82) is 0 Å². The largest absolute Gasteiger partial charge is 0.451 e. The van der Waals surface area contributed by atoms with Crippen molar-refractivity contribution in [3.05, 3.63) is 63.8 Å². The number of piperazine rings is 1. The number of halogens is 2. The Morgan fingerprint density at radius 3 is 2.34 bits per heavy atom. The van der Waals surface area contributed by atoms with E-state index in [0.29, 0.717) is 16.4 Å². The molecule has 1 aromatic heterocycles. The average molecular weight is 453 g/mol. The van der Waals surface area contributed by atoms with E-state index in [1.807, 2.05) is 31.2 Å². The Balaban J connectivity index is 1.50. The lowest BCUT2D eigenvalue weighted by Crippen LogP contribution is -2.50. The topological polar surface area (TPSA) is 70.8 Å². The van der Waals surface area contributed by atoms with Crippen molar-refractivity contribution in [2.75, 3.05) is 26.2 Å². The molecule has 1 saturated heterocycles. The van der Waals surface area contributed by atoms with Gasteiger partial charge in [-0.15, -0.1) is 0 Å². The molecule has 29 heavy (non-hydrogen) atoms. The van der Waals surface area contributed by atoms with Gasteiger partial charge < -0.3 is 9.32 Å². The number of furan rings is 1. The average Bonchev–Trinajstić information content (AvgIpc) is 3.06. The third kappa shape index (κ3) is 3.64. The van der Waals surface area contributed by atoms with E-state index < -0.39 is 10.0 Å². The molecule has 152 valence electrons. The molecule has 1 fully saturated rings. The zero-order chi connectivity index (χ0) is 20.8. The second-order valence-electron chi connectivity index (χ2n) is 6.82. The number of para-hydroxylation sites is 1. The quantitative estimate of drug-likeness (QED) is 0.596. The molecule has 0 atom stereocenters. The van der Waals surface area contributed by atoms with Crippen LogP contribution in [0.5, 0.6) is 0 Å². The van der Waals surface area contributed by atoms with Gasteiger partial charge in [-0.2, -0.15) is 4.31 Å². The van der Waals surface area contributed by atoms with Gasteiger partial charge in [0.1, 0.15) is 5.58 Å². The first kappa shape index (κ1) is 20.2. The molecule has 4 rings (SSSR count). The fourth-order valence-corrected chi connectivity index (χ4v) is 5.25. The Morgan fingerprint density at radius 2 is 1.69 bits per heavy atom. The number of benzene rings is 2. The summed E-state index contributed by atoms with van der Waals surface area (Å²) < 4.78 is 32.8. The van der Waals surface area contributed by atoms with Gasteiger partial charge in [-0.1, -0.05) is 41.4 Å². The van der Waals surface area contributed by atoms with Crippen LogP contribution in [0.15, 0.2) is 51.8 Å². The van der Waals surface area contributed by atoms with E-state index in [1.54, 1.807) is 4.90 Å². The van der Waals surface area contributed by atoms with Gasteiger partial charge in [0.2, 0.25) is 10.0 Å². The number of carbonyl (C=O) groups excluding carboxylic acids is 1. The first-order chi connectivity index (χ1) is 13.8. The van der Waals surface area contributed by atoms with Gasteiger partial charge in [0.15, 0.2) is 5.76 Å². The summed E-state index contributed by atoms with van der Waals surface area (Å²) in [6.07, 6.45) is 0. The van der Waals surface area contributed by atoms with E-state index in [4.69, 9.17) is 27.6 Å². The Kier molecular flexibility index (Phi) is 5.33. The van der Waals surface area contributed by atoms with Gasteiger partial charge in [0.05, 0.1) is 14.9 Å². The summed E-state index contributed by atoms with van der Waals surface area (Å²) in [6.45, 7) is 2.77. The Labute approximate surface area is 178 Å². The molecule has 0 unspecified atom stereocenters. The van der Waals surface area contributed by atoms with Crippen LogP contribution >= 0.6 is 23.2 Å². The van der Waals surface area contributed by atoms with Crippen molar-refractivity contribution in [3.63, 3.8) is 0 Å². The molecule has 0 bridgehead atoms. The van der Waals surface area contributed by atoms with Crippen molar-refractivity contribution in [2.24, 2.45) is 0 Å². The number of nitrogens with zero attached hydrogens (tertiary/aromatic N) is 2. The van der Waals surface area contributed by atoms with Crippen LogP contribution in [0.2, 0.25) is 10.0 Å². The van der Waals surface area contributed by atoms with E-state index >= 15 is 0 Å². The molecule has 0 spiro atoms. The molecular weight excluding hydrogens is 435 g/mol. The first-order valence-electron chi connectivity index (χ1n) is 9.01. The summed E-state index contributed by atoms with van der Waals surface area (Å²) in [6, 6.07) is 11.7. The lowest BCUT2D eigenvalue weighted by molar-refractivity contribution is 0.0667. The summed E-state index contributed by atoms with van der Waals surface area (Å²) in [5.74, 6) is 0.0669. The predicted octanol–water partition coefficient (Wildman–Crippen LogP) is 4.19. The minimum Gasteiger partial charge on any atom is -0.451 e. The molecule has 2 aromatic carbocycles. The van der Waals surface area contributed by atoms with Crippen LogP contribution in [0.1, 0.15) is 16.1 Å². The van der Waals surface area contributed by atoms with Crippen LogP contribution in [-0.4, -0.2) is 49.7 Å². The van der Waals surface area contributed by atoms with Crippen molar-refractivity contribution in [2.45, 2.75) is 11.8 Å². The second-order valence-corrected chi connectivity index (χ2v) is 9.58. The maximum absolute atomic E-state index is 12.9. The maximum atomic E-state index is 12.9. The van der Waals surface area contributed by atoms with E-state index in [9.17, 15) is 13.2 Å². The number of rotatable bonds is 3. The standard InChI is InChI=1S/C20H18Cl2N2O4S/c1-13-15-4-2-3-5-18(15)28-19(13)20(25)23-8-10-24(11-9-23)29(26,27)14-6-7-16(21)17(22)12-14/h2-7,12H,8-11H2,1H3. The normalized spacial score (nSPS) is 15.8. The molecule has 9 heteroatoms. The number of hydrogen-bond donors (Lipinski definition) is 0. The minimum absolute atomic E-state index is 0.0832. The van der Waals surface area contributed by atoms with E-state index in [0.717, 1.165) is 10.9 Å². The number of amides is 1. The zero-order valence-electron chi connectivity index (χ0n) is 15.6. The summed E-state index contributed by atoms with van der Waals surface area (Å²) >= 11 is 11.8. The van der Waals surface area contributed by atoms with Gasteiger partial charge >= 0.3 is 0 Å². The summed E-state index contributed by atoms with van der Waals surface area (Å²) in [5.41, 5.74) is 1.45. The van der Waals surface area contributed by atoms with Crippen molar-refractivity contribution in [1.82, 2.24) is 9.21 Å². The van der Waals surface area contributed by atoms with Gasteiger partial charge in [-0.25, -0.2) is 8.42 Å². The van der Waals surface area contributed by atoms with Crippen LogP contribution < -0.4 is 0 Å². The van der Waals surface area contributed by atoms with Crippen molar-refractivity contribution < 1.29 is 17.6 Å². The van der Waals surface area contributed by atoms with Crippen LogP contribution in [-0.2, 0) is 10.0 Å². The lowest BCUT2D eigenvalue weighted by Gasteiger charge is -2.33. The Morgan fingerprint density at radius 1 is 1.00 bits per heavy atom. The minimum atomic E-state index is -3.71. The SMILES string of the molecule is Cc1c(C(=O)N2CCN(S(=O)(=O)c3ccc(Cl)c(Cl)c3)CC2)oc2ccccc12. The molecule has 0 radical (unpaired) electrons. The fourth-order valence-electron chi connectivity index (χ4n) is 3.44. The van der Waals surface area contributed by atoms with Gasteiger partial charge in [-0.05, 0) is 31.2 Å². The highest BCUT2D eigenvalue weighted by atomic mass is 35.5. The highest BCUT2D eigenvalue weighted by Gasteiger charge is 2.32. The van der Waals surface area contributed by atoms with Gasteiger partial charge in [-0.3, -0.25) is 4.79 Å². The van der Waals surface area contributed by atoms with Crippen LogP contribution in [0.3, 0.4) is 0 Å². The third-order valence-electron chi connectivity index (χ3n) is 5.09. The Bertz CT molecular complexity index is 1200. The molecular formula is C20H18Cl2N2O4S. The monoisotopic (exact) mass is 452 g/mol. The first-order valence-corrected chi connectivity index (χ1v) is 11.2. The molecule has 1 amide bonds. The molecule has 0 aliphatic carbocycles. The maximum Gasteiger partial charge on any atom is 0.289 e. The summed E-state index contributed by atoms with van der Waals surface area (Å²) in [5, 5.41) is 1.38. The molecule has 0 saturated carbocycles. The van der Waals surface area contributed by atoms with E-state index in [2.05, 4.69) is 0 Å². The predicted molar refractivity (Wildman–Crippen MR) is 112 cm³/mol. The van der Waals surface area contributed by atoms with E-state index in [1.165, 1.54) is 22.5 Å². The van der Waals surface area contributed by atoms with Gasteiger partial charge in [0, 0.05) is 37.1 Å². The van der Waals surface area contributed by atoms with Crippen LogP contribution in [0.25, 0.3) is 11.0 Å². The smallest absolute Gasteiger partial charge is 0.289 e. The number of hydrogen-bond acceptors (Lipinski definition) is 4. The molecule has 0 N–H and O–H groups in total. The fraction of sp³-hybridized carbons (Fsp3) is 0.250. The van der Waals surface area contributed by atoms with Crippen LogP contribution in [0.4, 0.5) is 0 Å². The second kappa shape index (κ2) is 7.65. The van der Waals surface area contributed by atoms with E-state index in [-0.39, 0.29) is 42.0 Å². The van der Waals surface area contributed by atoms with Gasteiger partial charge in [0.25, 0.3) is 5.91 Å². The molecule has 1 aliphatic heterocycles. The Hall–Kier alpha value is -2.06. The number of sulfonamides is 1. The molecule has 2 heterocycles. The highest BCUT2D eigenvalue weighted by Crippen LogP contribution is 2.28. The summed E-state index contributed by atoms with van der Waals surface area (Å²) in [7, 11) is -3.71. The number of fused-ring (bicyclic) bond motifs is 1.